The smallest absolute Gasteiger partial charge is 0.302 e. The zero-order chi connectivity index (χ0) is 14.7. The molecule has 5 nitrogen and oxygen atoms in total. The van der Waals surface area contributed by atoms with E-state index in [1.165, 1.54) is 0 Å². The van der Waals surface area contributed by atoms with Crippen LogP contribution in [0, 0.1) is 0 Å². The number of para-hydroxylation sites is 3. The van der Waals surface area contributed by atoms with Crippen molar-refractivity contribution < 1.29 is 13.9 Å². The third kappa shape index (κ3) is 2.72. The van der Waals surface area contributed by atoms with Crippen LogP contribution in [0.2, 0.25) is 0 Å². The number of anilines is 1. The Labute approximate surface area is 121 Å². The summed E-state index contributed by atoms with van der Waals surface area (Å²) in [7, 11) is 0. The van der Waals surface area contributed by atoms with Crippen molar-refractivity contribution >= 4 is 23.0 Å². The Morgan fingerprint density at radius 2 is 1.95 bits per heavy atom. The van der Waals surface area contributed by atoms with E-state index >= 15 is 0 Å². The average molecular weight is 282 g/mol. The summed E-state index contributed by atoms with van der Waals surface area (Å²) in [6.07, 6.45) is 0. The van der Waals surface area contributed by atoms with Gasteiger partial charge in [-0.25, -0.2) is 0 Å². The molecule has 3 aromatic rings. The molecule has 0 atom stereocenters. The van der Waals surface area contributed by atoms with Crippen molar-refractivity contribution in [2.24, 2.45) is 0 Å². The minimum atomic E-state index is -0.314. The Hall–Kier alpha value is -2.82. The van der Waals surface area contributed by atoms with Crippen molar-refractivity contribution in [1.82, 2.24) is 4.98 Å². The van der Waals surface area contributed by atoms with Gasteiger partial charge in [-0.3, -0.25) is 10.1 Å². The summed E-state index contributed by atoms with van der Waals surface area (Å²) in [6, 6.07) is 14.6. The lowest BCUT2D eigenvalue weighted by Gasteiger charge is -2.08. The average Bonchev–Trinajstić information content (AvgIpc) is 2.90. The quantitative estimate of drug-likeness (QED) is 0.795. The molecule has 0 aliphatic heterocycles. The Morgan fingerprint density at radius 3 is 2.76 bits per heavy atom. The second-order valence-corrected chi connectivity index (χ2v) is 4.37. The monoisotopic (exact) mass is 282 g/mol. The molecule has 21 heavy (non-hydrogen) atoms. The summed E-state index contributed by atoms with van der Waals surface area (Å²) in [6.45, 7) is 2.36. The lowest BCUT2D eigenvalue weighted by atomic mass is 10.2. The summed E-state index contributed by atoms with van der Waals surface area (Å²) < 4.78 is 10.9. The van der Waals surface area contributed by atoms with E-state index in [9.17, 15) is 4.79 Å². The summed E-state index contributed by atoms with van der Waals surface area (Å²) in [5, 5.41) is 2.65. The van der Waals surface area contributed by atoms with Crippen LogP contribution in [0.5, 0.6) is 5.75 Å². The number of fused-ring (bicyclic) bond motifs is 1. The summed E-state index contributed by atoms with van der Waals surface area (Å²) in [5.41, 5.74) is 1.78. The number of nitrogens with zero attached hydrogens (tertiary/aromatic N) is 1. The number of ether oxygens (including phenoxy) is 1. The van der Waals surface area contributed by atoms with E-state index in [4.69, 9.17) is 9.15 Å². The zero-order valence-electron chi connectivity index (χ0n) is 11.5. The Bertz CT molecular complexity index is 747. The SMILES string of the molecule is CCOc1ccccc1C(=O)Nc1nc2ccccc2o1. The maximum Gasteiger partial charge on any atom is 0.302 e. The van der Waals surface area contributed by atoms with Crippen molar-refractivity contribution in [2.75, 3.05) is 11.9 Å². The maximum atomic E-state index is 12.3. The van der Waals surface area contributed by atoms with Gasteiger partial charge in [-0.05, 0) is 31.2 Å². The van der Waals surface area contributed by atoms with Gasteiger partial charge >= 0.3 is 6.01 Å². The molecule has 1 aromatic heterocycles. The van der Waals surface area contributed by atoms with Gasteiger partial charge in [0.1, 0.15) is 11.3 Å². The van der Waals surface area contributed by atoms with Crippen LogP contribution in [0.25, 0.3) is 11.1 Å². The minimum Gasteiger partial charge on any atom is -0.493 e. The molecule has 106 valence electrons. The second-order valence-electron chi connectivity index (χ2n) is 4.37. The highest BCUT2D eigenvalue weighted by Crippen LogP contribution is 2.22. The fraction of sp³-hybridized carbons (Fsp3) is 0.125. The molecule has 0 radical (unpaired) electrons. The summed E-state index contributed by atoms with van der Waals surface area (Å²) in [4.78, 5) is 16.5. The van der Waals surface area contributed by atoms with Crippen LogP contribution in [0.15, 0.2) is 52.9 Å². The maximum absolute atomic E-state index is 12.3. The van der Waals surface area contributed by atoms with Crippen LogP contribution in [-0.4, -0.2) is 17.5 Å². The largest absolute Gasteiger partial charge is 0.493 e. The molecular weight excluding hydrogens is 268 g/mol. The number of hydrogen-bond acceptors (Lipinski definition) is 4. The molecule has 1 amide bonds. The number of amides is 1. The highest BCUT2D eigenvalue weighted by Gasteiger charge is 2.15. The zero-order valence-corrected chi connectivity index (χ0v) is 11.5. The van der Waals surface area contributed by atoms with Crippen LogP contribution in [0.3, 0.4) is 0 Å². The lowest BCUT2D eigenvalue weighted by molar-refractivity contribution is 0.102. The molecule has 1 heterocycles. The minimum absolute atomic E-state index is 0.174. The molecule has 0 fully saturated rings. The number of rotatable bonds is 4. The predicted molar refractivity (Wildman–Crippen MR) is 79.6 cm³/mol. The second kappa shape index (κ2) is 5.66. The van der Waals surface area contributed by atoms with Gasteiger partial charge in [0.15, 0.2) is 5.58 Å². The van der Waals surface area contributed by atoms with Crippen LogP contribution in [-0.2, 0) is 0 Å². The van der Waals surface area contributed by atoms with Gasteiger partial charge in [-0.15, -0.1) is 0 Å². The molecule has 0 aliphatic carbocycles. The number of carbonyl (C=O) groups excluding carboxylic acids is 1. The highest BCUT2D eigenvalue weighted by atomic mass is 16.5. The van der Waals surface area contributed by atoms with E-state index in [-0.39, 0.29) is 11.9 Å². The van der Waals surface area contributed by atoms with Crippen LogP contribution in [0.1, 0.15) is 17.3 Å². The third-order valence-corrected chi connectivity index (χ3v) is 2.95. The topological polar surface area (TPSA) is 64.4 Å². The number of nitrogens with one attached hydrogen (secondary N) is 1. The van der Waals surface area contributed by atoms with Gasteiger partial charge in [0.2, 0.25) is 0 Å². The van der Waals surface area contributed by atoms with E-state index in [0.717, 1.165) is 0 Å². The highest BCUT2D eigenvalue weighted by molar-refractivity contribution is 6.05. The van der Waals surface area contributed by atoms with Gasteiger partial charge in [0, 0.05) is 0 Å². The van der Waals surface area contributed by atoms with Crippen molar-refractivity contribution in [3.05, 3.63) is 54.1 Å². The molecule has 2 aromatic carbocycles. The standard InChI is InChI=1S/C16H14N2O3/c1-2-20-13-9-5-3-7-11(13)15(19)18-16-17-12-8-4-6-10-14(12)21-16/h3-10H,2H2,1H3,(H,17,18,19). The molecular formula is C16H14N2O3. The van der Waals surface area contributed by atoms with Crippen LogP contribution >= 0.6 is 0 Å². The molecule has 1 N–H and O–H groups in total. The van der Waals surface area contributed by atoms with E-state index < -0.39 is 0 Å². The molecule has 5 heteroatoms. The van der Waals surface area contributed by atoms with E-state index in [1.807, 2.05) is 31.2 Å². The normalized spacial score (nSPS) is 10.5. The first kappa shape index (κ1) is 13.2. The fourth-order valence-electron chi connectivity index (χ4n) is 2.03. The number of hydrogen-bond donors (Lipinski definition) is 1. The summed E-state index contributed by atoms with van der Waals surface area (Å²) in [5.74, 6) is 0.221. The van der Waals surface area contributed by atoms with Crippen LogP contribution < -0.4 is 10.1 Å². The number of aromatic nitrogens is 1. The van der Waals surface area contributed by atoms with Crippen molar-refractivity contribution in [1.29, 1.82) is 0 Å². The van der Waals surface area contributed by atoms with E-state index in [1.54, 1.807) is 24.3 Å². The Balaban J connectivity index is 1.86. The molecule has 0 spiro atoms. The van der Waals surface area contributed by atoms with Crippen molar-refractivity contribution in [3.63, 3.8) is 0 Å². The molecule has 0 unspecified atom stereocenters. The van der Waals surface area contributed by atoms with Crippen molar-refractivity contribution in [2.45, 2.75) is 6.92 Å². The Morgan fingerprint density at radius 1 is 1.19 bits per heavy atom. The molecule has 0 aliphatic rings. The Kier molecular flexibility index (Phi) is 3.55. The third-order valence-electron chi connectivity index (χ3n) is 2.95. The van der Waals surface area contributed by atoms with Gasteiger partial charge < -0.3 is 9.15 Å². The number of oxazole rings is 1. The number of benzene rings is 2. The summed E-state index contributed by atoms with van der Waals surface area (Å²) >= 11 is 0. The van der Waals surface area contributed by atoms with E-state index in [0.29, 0.717) is 29.0 Å². The molecule has 3 rings (SSSR count). The first-order valence-electron chi connectivity index (χ1n) is 6.66. The van der Waals surface area contributed by atoms with Gasteiger partial charge in [-0.1, -0.05) is 24.3 Å². The van der Waals surface area contributed by atoms with E-state index in [2.05, 4.69) is 10.3 Å². The van der Waals surface area contributed by atoms with Gasteiger partial charge in [-0.2, -0.15) is 4.98 Å². The molecule has 0 saturated carbocycles. The molecule has 0 saturated heterocycles. The van der Waals surface area contributed by atoms with Gasteiger partial charge in [0.05, 0.1) is 12.2 Å². The van der Waals surface area contributed by atoms with Gasteiger partial charge in [0.25, 0.3) is 5.91 Å². The first-order valence-corrected chi connectivity index (χ1v) is 6.66. The fourth-order valence-corrected chi connectivity index (χ4v) is 2.03. The lowest BCUT2D eigenvalue weighted by Crippen LogP contribution is -2.13. The van der Waals surface area contributed by atoms with Crippen molar-refractivity contribution in [3.8, 4) is 5.75 Å². The molecule has 0 bridgehead atoms. The predicted octanol–water partition coefficient (Wildman–Crippen LogP) is 3.48. The van der Waals surface area contributed by atoms with Crippen LogP contribution in [0.4, 0.5) is 6.01 Å². The number of carbonyl (C=O) groups is 1. The first-order chi connectivity index (χ1) is 10.3.